The maximum atomic E-state index is 12.5. The fourth-order valence-electron chi connectivity index (χ4n) is 2.13. The lowest BCUT2D eigenvalue weighted by Crippen LogP contribution is -2.34. The van der Waals surface area contributed by atoms with E-state index in [0.717, 1.165) is 5.56 Å². The van der Waals surface area contributed by atoms with Crippen molar-refractivity contribution >= 4 is 11.9 Å². The highest BCUT2D eigenvalue weighted by Gasteiger charge is 2.16. The molecule has 0 spiro atoms. The second kappa shape index (κ2) is 7.93. The lowest BCUT2D eigenvalue weighted by atomic mass is 10.1. The van der Waals surface area contributed by atoms with E-state index in [9.17, 15) is 9.59 Å². The summed E-state index contributed by atoms with van der Waals surface area (Å²) < 4.78 is 0. The Bertz CT molecular complexity index is 614. The molecule has 1 N–H and O–H groups in total. The average Bonchev–Trinajstić information content (AvgIpc) is 2.56. The van der Waals surface area contributed by atoms with Gasteiger partial charge in [0.05, 0.1) is 6.42 Å². The van der Waals surface area contributed by atoms with Crippen LogP contribution in [0.15, 0.2) is 54.9 Å². The number of hydrogen-bond acceptors (Lipinski definition) is 3. The molecule has 2 aromatic rings. The number of carbonyl (C=O) groups excluding carboxylic acids is 1. The van der Waals surface area contributed by atoms with Gasteiger partial charge >= 0.3 is 5.97 Å². The van der Waals surface area contributed by atoms with Gasteiger partial charge < -0.3 is 10.0 Å². The number of nitrogens with zero attached hydrogens (tertiary/aromatic N) is 2. The molecule has 0 aliphatic rings. The van der Waals surface area contributed by atoms with Crippen molar-refractivity contribution in [2.45, 2.75) is 12.8 Å². The summed E-state index contributed by atoms with van der Waals surface area (Å²) in [6.45, 7) is 0.682. The minimum absolute atomic E-state index is 0.0639. The van der Waals surface area contributed by atoms with E-state index in [1.54, 1.807) is 29.4 Å². The van der Waals surface area contributed by atoms with Crippen LogP contribution in [0.1, 0.15) is 22.3 Å². The Hall–Kier alpha value is -2.69. The highest BCUT2D eigenvalue weighted by Crippen LogP contribution is 2.07. The highest BCUT2D eigenvalue weighted by molar-refractivity contribution is 5.94. The van der Waals surface area contributed by atoms with Crippen LogP contribution in [-0.4, -0.2) is 40.0 Å². The van der Waals surface area contributed by atoms with Gasteiger partial charge in [-0.2, -0.15) is 0 Å². The van der Waals surface area contributed by atoms with Crippen LogP contribution in [0.2, 0.25) is 0 Å². The Morgan fingerprint density at radius 1 is 1.00 bits per heavy atom. The van der Waals surface area contributed by atoms with Crippen LogP contribution in [0.4, 0.5) is 0 Å². The third-order valence-electron chi connectivity index (χ3n) is 3.32. The molecule has 0 saturated carbocycles. The molecule has 1 aromatic carbocycles. The zero-order valence-electron chi connectivity index (χ0n) is 12.2. The minimum atomic E-state index is -0.910. The summed E-state index contributed by atoms with van der Waals surface area (Å²) in [5.74, 6) is -1.08. The number of benzene rings is 1. The van der Waals surface area contributed by atoms with E-state index in [2.05, 4.69) is 4.98 Å². The van der Waals surface area contributed by atoms with Crippen molar-refractivity contribution in [3.05, 3.63) is 66.0 Å². The standard InChI is InChI=1S/C17H18N2O3/c20-16(21)9-13-19(12-8-14-4-2-1-3-5-14)17(22)15-6-10-18-11-7-15/h1-7,10-11H,8-9,12-13H2,(H,20,21). The maximum Gasteiger partial charge on any atom is 0.305 e. The van der Waals surface area contributed by atoms with Gasteiger partial charge in [-0.1, -0.05) is 30.3 Å². The van der Waals surface area contributed by atoms with E-state index in [4.69, 9.17) is 5.11 Å². The molecule has 0 aliphatic carbocycles. The monoisotopic (exact) mass is 298 g/mol. The molecular formula is C17H18N2O3. The Morgan fingerprint density at radius 3 is 2.32 bits per heavy atom. The molecule has 1 amide bonds. The maximum absolute atomic E-state index is 12.5. The van der Waals surface area contributed by atoms with Crippen molar-refractivity contribution in [2.75, 3.05) is 13.1 Å². The van der Waals surface area contributed by atoms with Crippen LogP contribution in [-0.2, 0) is 11.2 Å². The number of rotatable bonds is 7. The first-order valence-electron chi connectivity index (χ1n) is 7.12. The number of carboxylic acid groups (broad SMARTS) is 1. The predicted molar refractivity (Wildman–Crippen MR) is 82.5 cm³/mol. The third-order valence-corrected chi connectivity index (χ3v) is 3.32. The lowest BCUT2D eigenvalue weighted by molar-refractivity contribution is -0.137. The summed E-state index contributed by atoms with van der Waals surface area (Å²) in [4.78, 5) is 28.7. The smallest absolute Gasteiger partial charge is 0.305 e. The number of hydrogen-bond donors (Lipinski definition) is 1. The van der Waals surface area contributed by atoms with Crippen molar-refractivity contribution in [3.8, 4) is 0 Å². The molecule has 1 heterocycles. The van der Waals surface area contributed by atoms with E-state index < -0.39 is 5.97 Å². The van der Waals surface area contributed by atoms with Gasteiger partial charge in [-0.15, -0.1) is 0 Å². The Labute approximate surface area is 129 Å². The third kappa shape index (κ3) is 4.70. The number of pyridine rings is 1. The van der Waals surface area contributed by atoms with Gasteiger partial charge in [0.2, 0.25) is 0 Å². The van der Waals surface area contributed by atoms with Crippen molar-refractivity contribution in [1.82, 2.24) is 9.88 Å². The van der Waals surface area contributed by atoms with E-state index in [1.165, 1.54) is 0 Å². The number of carbonyl (C=O) groups is 2. The molecule has 1 aromatic heterocycles. The van der Waals surface area contributed by atoms with Crippen LogP contribution < -0.4 is 0 Å². The van der Waals surface area contributed by atoms with Gasteiger partial charge in [0, 0.05) is 31.0 Å². The van der Waals surface area contributed by atoms with Crippen LogP contribution in [0.5, 0.6) is 0 Å². The molecule has 0 radical (unpaired) electrons. The van der Waals surface area contributed by atoms with E-state index >= 15 is 0 Å². The quantitative estimate of drug-likeness (QED) is 0.851. The zero-order chi connectivity index (χ0) is 15.8. The minimum Gasteiger partial charge on any atom is -0.481 e. The Balaban J connectivity index is 2.05. The molecule has 5 nitrogen and oxygen atoms in total. The van der Waals surface area contributed by atoms with Crippen molar-refractivity contribution in [2.24, 2.45) is 0 Å². The molecule has 0 fully saturated rings. The topological polar surface area (TPSA) is 70.5 Å². The fraction of sp³-hybridized carbons (Fsp3) is 0.235. The number of aliphatic carboxylic acids is 1. The van der Waals surface area contributed by atoms with Crippen LogP contribution in [0, 0.1) is 0 Å². The predicted octanol–water partition coefficient (Wildman–Crippen LogP) is 2.24. The number of amides is 1. The molecule has 0 bridgehead atoms. The highest BCUT2D eigenvalue weighted by atomic mass is 16.4. The van der Waals surface area contributed by atoms with Gasteiger partial charge in [-0.3, -0.25) is 14.6 Å². The summed E-state index contributed by atoms with van der Waals surface area (Å²) in [7, 11) is 0. The Kier molecular flexibility index (Phi) is 5.65. The number of carboxylic acids is 1. The van der Waals surface area contributed by atoms with Crippen LogP contribution in [0.25, 0.3) is 0 Å². The molecule has 0 atom stereocenters. The van der Waals surface area contributed by atoms with Crippen molar-refractivity contribution in [3.63, 3.8) is 0 Å². The first-order chi connectivity index (χ1) is 10.7. The van der Waals surface area contributed by atoms with Crippen LogP contribution in [0.3, 0.4) is 0 Å². The van der Waals surface area contributed by atoms with Gasteiger partial charge in [0.1, 0.15) is 0 Å². The van der Waals surface area contributed by atoms with Gasteiger partial charge in [0.15, 0.2) is 0 Å². The molecule has 0 unspecified atom stereocenters. The molecule has 2 rings (SSSR count). The van der Waals surface area contributed by atoms with E-state index in [-0.39, 0.29) is 18.9 Å². The lowest BCUT2D eigenvalue weighted by Gasteiger charge is -2.22. The molecular weight excluding hydrogens is 280 g/mol. The van der Waals surface area contributed by atoms with E-state index in [1.807, 2.05) is 30.3 Å². The first-order valence-corrected chi connectivity index (χ1v) is 7.12. The van der Waals surface area contributed by atoms with Crippen LogP contribution >= 0.6 is 0 Å². The molecule has 114 valence electrons. The van der Waals surface area contributed by atoms with E-state index in [0.29, 0.717) is 18.5 Å². The molecule has 5 heteroatoms. The Morgan fingerprint density at radius 2 is 1.68 bits per heavy atom. The van der Waals surface area contributed by atoms with Crippen molar-refractivity contribution in [1.29, 1.82) is 0 Å². The zero-order valence-corrected chi connectivity index (χ0v) is 12.2. The van der Waals surface area contributed by atoms with Gasteiger partial charge in [0.25, 0.3) is 5.91 Å². The average molecular weight is 298 g/mol. The summed E-state index contributed by atoms with van der Waals surface area (Å²) in [5, 5.41) is 8.85. The van der Waals surface area contributed by atoms with Crippen molar-refractivity contribution < 1.29 is 14.7 Å². The summed E-state index contributed by atoms with van der Waals surface area (Å²) in [5.41, 5.74) is 1.64. The summed E-state index contributed by atoms with van der Waals surface area (Å²) in [6.07, 6.45) is 3.74. The van der Waals surface area contributed by atoms with Gasteiger partial charge in [-0.25, -0.2) is 0 Å². The first kappa shape index (κ1) is 15.7. The molecule has 0 aliphatic heterocycles. The fourth-order valence-corrected chi connectivity index (χ4v) is 2.13. The molecule has 22 heavy (non-hydrogen) atoms. The second-order valence-electron chi connectivity index (χ2n) is 4.91. The normalized spacial score (nSPS) is 10.2. The largest absolute Gasteiger partial charge is 0.481 e. The SMILES string of the molecule is O=C(O)CCN(CCc1ccccc1)C(=O)c1ccncc1. The molecule has 0 saturated heterocycles. The summed E-state index contributed by atoms with van der Waals surface area (Å²) >= 11 is 0. The van der Waals surface area contributed by atoms with Gasteiger partial charge in [-0.05, 0) is 24.1 Å². The summed E-state index contributed by atoms with van der Waals surface area (Å²) in [6, 6.07) is 13.1. The second-order valence-corrected chi connectivity index (χ2v) is 4.91. The number of aromatic nitrogens is 1.